The van der Waals surface area contributed by atoms with Crippen LogP contribution >= 0.6 is 0 Å². The lowest BCUT2D eigenvalue weighted by Crippen LogP contribution is -2.23. The normalized spacial score (nSPS) is 15.9. The Morgan fingerprint density at radius 1 is 1.41 bits per heavy atom. The zero-order valence-corrected chi connectivity index (χ0v) is 11.7. The van der Waals surface area contributed by atoms with E-state index in [1.807, 2.05) is 13.0 Å². The van der Waals surface area contributed by atoms with Crippen molar-refractivity contribution in [2.24, 2.45) is 10.4 Å². The molecule has 96 valence electrons. The van der Waals surface area contributed by atoms with Crippen molar-refractivity contribution in [3.8, 4) is 0 Å². The van der Waals surface area contributed by atoms with E-state index in [0.717, 1.165) is 25.7 Å². The molecule has 2 nitrogen and oxygen atoms in total. The molecule has 0 aromatic rings. The van der Waals surface area contributed by atoms with E-state index in [1.54, 1.807) is 12.3 Å². The highest BCUT2D eigenvalue weighted by Crippen LogP contribution is 2.31. The van der Waals surface area contributed by atoms with E-state index >= 15 is 0 Å². The highest BCUT2D eigenvalue weighted by Gasteiger charge is 2.23. The lowest BCUT2D eigenvalue weighted by Gasteiger charge is -2.28. The van der Waals surface area contributed by atoms with Crippen molar-refractivity contribution in [3.63, 3.8) is 0 Å². The average Bonchev–Trinajstić information content (AvgIpc) is 2.30. The summed E-state index contributed by atoms with van der Waals surface area (Å²) in [6, 6.07) is 0. The molecule has 2 heteroatoms. The largest absolute Gasteiger partial charge is 0.303 e. The van der Waals surface area contributed by atoms with Crippen LogP contribution in [0.2, 0.25) is 0 Å². The van der Waals surface area contributed by atoms with Gasteiger partial charge in [-0.05, 0) is 31.3 Å². The molecule has 1 N–H and O–H groups in total. The molecular formula is C15H26N2. The molecule has 0 aliphatic carbocycles. The molecule has 0 aliphatic heterocycles. The smallest absolute Gasteiger partial charge is 0.0831 e. The molecule has 0 heterocycles. The van der Waals surface area contributed by atoms with Gasteiger partial charge < -0.3 is 5.41 Å². The van der Waals surface area contributed by atoms with E-state index in [4.69, 9.17) is 5.41 Å². The van der Waals surface area contributed by atoms with Gasteiger partial charge in [-0.3, -0.25) is 4.99 Å². The minimum Gasteiger partial charge on any atom is -0.303 e. The minimum atomic E-state index is 0.214. The molecule has 0 spiro atoms. The van der Waals surface area contributed by atoms with Crippen LogP contribution in [0, 0.1) is 10.8 Å². The lowest BCUT2D eigenvalue weighted by atomic mass is 9.77. The Labute approximate surface area is 106 Å². The Kier molecular flexibility index (Phi) is 7.44. The number of aliphatic imine (C=N–C) groups is 1. The molecule has 0 aliphatic rings. The summed E-state index contributed by atoms with van der Waals surface area (Å²) in [6.07, 6.45) is 9.44. The van der Waals surface area contributed by atoms with E-state index in [1.165, 1.54) is 0 Å². The number of nitrogens with zero attached hydrogens (tertiary/aromatic N) is 1. The monoisotopic (exact) mass is 234 g/mol. The van der Waals surface area contributed by atoms with Crippen molar-refractivity contribution >= 4 is 11.4 Å². The maximum absolute atomic E-state index is 8.13. The van der Waals surface area contributed by atoms with Crippen LogP contribution < -0.4 is 0 Å². The fourth-order valence-corrected chi connectivity index (χ4v) is 1.92. The van der Waals surface area contributed by atoms with Crippen molar-refractivity contribution in [1.82, 2.24) is 0 Å². The fourth-order valence-electron chi connectivity index (χ4n) is 1.92. The molecule has 17 heavy (non-hydrogen) atoms. The van der Waals surface area contributed by atoms with Crippen molar-refractivity contribution in [3.05, 3.63) is 24.9 Å². The molecule has 0 radical (unpaired) electrons. The molecule has 0 bridgehead atoms. The van der Waals surface area contributed by atoms with Crippen LogP contribution in [0.1, 0.15) is 53.4 Å². The van der Waals surface area contributed by atoms with Gasteiger partial charge >= 0.3 is 0 Å². The summed E-state index contributed by atoms with van der Waals surface area (Å²) < 4.78 is 0. The third-order valence-electron chi connectivity index (χ3n) is 3.18. The molecule has 0 aromatic heterocycles. The first kappa shape index (κ1) is 15.8. The van der Waals surface area contributed by atoms with Gasteiger partial charge in [0, 0.05) is 6.20 Å². The number of hydrogen-bond acceptors (Lipinski definition) is 2. The first-order valence-corrected chi connectivity index (χ1v) is 6.42. The van der Waals surface area contributed by atoms with Gasteiger partial charge in [-0.1, -0.05) is 46.3 Å². The fraction of sp³-hybridized carbons (Fsp3) is 0.600. The van der Waals surface area contributed by atoms with E-state index in [-0.39, 0.29) is 5.41 Å². The Morgan fingerprint density at radius 3 is 2.47 bits per heavy atom. The van der Waals surface area contributed by atoms with E-state index < -0.39 is 0 Å². The summed E-state index contributed by atoms with van der Waals surface area (Å²) in [7, 11) is 0. The van der Waals surface area contributed by atoms with Crippen molar-refractivity contribution < 1.29 is 0 Å². The van der Waals surface area contributed by atoms with Crippen LogP contribution in [-0.4, -0.2) is 11.4 Å². The lowest BCUT2D eigenvalue weighted by molar-refractivity contribution is 0.295. The molecule has 0 rings (SSSR count). The number of nitrogens with one attached hydrogen (secondary N) is 1. The highest BCUT2D eigenvalue weighted by atomic mass is 14.7. The highest BCUT2D eigenvalue weighted by molar-refractivity contribution is 6.45. The first-order valence-electron chi connectivity index (χ1n) is 6.42. The summed E-state index contributed by atoms with van der Waals surface area (Å²) in [6.45, 7) is 12.3. The topological polar surface area (TPSA) is 36.2 Å². The van der Waals surface area contributed by atoms with Crippen LogP contribution in [0.5, 0.6) is 0 Å². The van der Waals surface area contributed by atoms with Crippen molar-refractivity contribution in [1.29, 1.82) is 5.41 Å². The Bertz CT molecular complexity index is 313. The second-order valence-corrected chi connectivity index (χ2v) is 4.77. The van der Waals surface area contributed by atoms with Crippen LogP contribution in [0.3, 0.4) is 0 Å². The van der Waals surface area contributed by atoms with Crippen molar-refractivity contribution in [2.45, 2.75) is 53.4 Å². The molecule has 0 amide bonds. The molecule has 0 aromatic carbocycles. The van der Waals surface area contributed by atoms with Gasteiger partial charge in [-0.2, -0.15) is 0 Å². The number of hydrogen-bond donors (Lipinski definition) is 1. The molecule has 0 saturated carbocycles. The average molecular weight is 234 g/mol. The minimum absolute atomic E-state index is 0.214. The Hall–Kier alpha value is -1.18. The molecular weight excluding hydrogens is 208 g/mol. The van der Waals surface area contributed by atoms with Gasteiger partial charge in [0.2, 0.25) is 0 Å². The van der Waals surface area contributed by atoms with E-state index in [9.17, 15) is 0 Å². The van der Waals surface area contributed by atoms with Crippen LogP contribution in [0.25, 0.3) is 0 Å². The van der Waals surface area contributed by atoms with Crippen LogP contribution in [-0.2, 0) is 0 Å². The van der Waals surface area contributed by atoms with Gasteiger partial charge in [0.05, 0.1) is 11.4 Å². The van der Waals surface area contributed by atoms with Gasteiger partial charge in [-0.25, -0.2) is 0 Å². The molecule has 1 unspecified atom stereocenters. The van der Waals surface area contributed by atoms with Gasteiger partial charge in [0.1, 0.15) is 0 Å². The predicted molar refractivity (Wildman–Crippen MR) is 78.1 cm³/mol. The summed E-state index contributed by atoms with van der Waals surface area (Å²) in [4.78, 5) is 4.23. The maximum Gasteiger partial charge on any atom is 0.0831 e. The second kappa shape index (κ2) is 7.99. The van der Waals surface area contributed by atoms with Crippen LogP contribution in [0.4, 0.5) is 0 Å². The molecule has 0 saturated heterocycles. The van der Waals surface area contributed by atoms with E-state index in [2.05, 4.69) is 32.3 Å². The molecule has 1 atom stereocenters. The maximum atomic E-state index is 8.13. The first-order chi connectivity index (χ1) is 8.02. The second-order valence-electron chi connectivity index (χ2n) is 4.77. The predicted octanol–water partition coefficient (Wildman–Crippen LogP) is 4.77. The van der Waals surface area contributed by atoms with Gasteiger partial charge in [0.25, 0.3) is 0 Å². The summed E-state index contributed by atoms with van der Waals surface area (Å²) in [5.41, 5.74) is 1.50. The molecule has 0 fully saturated rings. The Morgan fingerprint density at radius 2 is 2.06 bits per heavy atom. The zero-order valence-electron chi connectivity index (χ0n) is 11.7. The standard InChI is InChI=1S/C15H26N2/c1-6-10-15(5,9-4)12-13(16)14(8-3)17-11-7-2/h7-8,11,16H,3,6,9-10,12H2,1-2,4-5H3/b11-7-,16-13?,17-14?. The Balaban J connectivity index is 4.75. The zero-order chi connectivity index (χ0) is 13.3. The van der Waals surface area contributed by atoms with Crippen LogP contribution in [0.15, 0.2) is 29.9 Å². The quantitative estimate of drug-likeness (QED) is 0.587. The number of allylic oxidation sites excluding steroid dienone is 2. The van der Waals surface area contributed by atoms with Gasteiger partial charge in [-0.15, -0.1) is 0 Å². The van der Waals surface area contributed by atoms with Crippen molar-refractivity contribution in [2.75, 3.05) is 0 Å². The third-order valence-corrected chi connectivity index (χ3v) is 3.18. The number of rotatable bonds is 8. The summed E-state index contributed by atoms with van der Waals surface area (Å²) in [5.74, 6) is 0. The third kappa shape index (κ3) is 5.62. The SMILES string of the molecule is C=CC(=N/C=C\C)C(=N)CC(C)(CC)CCC. The van der Waals surface area contributed by atoms with Gasteiger partial charge in [0.15, 0.2) is 0 Å². The van der Waals surface area contributed by atoms with E-state index in [0.29, 0.717) is 11.4 Å². The summed E-state index contributed by atoms with van der Waals surface area (Å²) >= 11 is 0. The summed E-state index contributed by atoms with van der Waals surface area (Å²) in [5, 5.41) is 8.13.